The van der Waals surface area contributed by atoms with Gasteiger partial charge in [-0.15, -0.1) is 0 Å². The van der Waals surface area contributed by atoms with Crippen molar-refractivity contribution in [1.82, 2.24) is 15.2 Å². The van der Waals surface area contributed by atoms with Crippen LogP contribution in [-0.4, -0.2) is 15.2 Å². The van der Waals surface area contributed by atoms with Crippen LogP contribution < -0.4 is 5.23 Å². The second-order valence-electron chi connectivity index (χ2n) is 4.23. The van der Waals surface area contributed by atoms with Gasteiger partial charge in [0.05, 0.1) is 0 Å². The van der Waals surface area contributed by atoms with E-state index < -0.39 is 5.23 Å². The first kappa shape index (κ1) is 10.4. The Morgan fingerprint density at radius 1 is 1.18 bits per heavy atom. The van der Waals surface area contributed by atoms with Crippen molar-refractivity contribution in [3.63, 3.8) is 0 Å². The molecule has 1 aromatic carbocycles. The van der Waals surface area contributed by atoms with Crippen molar-refractivity contribution in [2.45, 2.75) is 18.3 Å². The van der Waals surface area contributed by atoms with Gasteiger partial charge in [0, 0.05) is 5.92 Å². The number of aromatic nitrogens is 3. The van der Waals surface area contributed by atoms with Crippen LogP contribution in [0.25, 0.3) is 0 Å². The van der Waals surface area contributed by atoms with E-state index in [0.717, 1.165) is 17.8 Å². The van der Waals surface area contributed by atoms with E-state index in [-0.39, 0.29) is 5.69 Å². The van der Waals surface area contributed by atoms with Crippen molar-refractivity contribution in [2.24, 2.45) is 0 Å². The average molecular weight is 231 g/mol. The van der Waals surface area contributed by atoms with Crippen molar-refractivity contribution in [3.05, 3.63) is 52.4 Å². The van der Waals surface area contributed by atoms with E-state index in [2.05, 4.69) is 15.2 Å². The zero-order chi connectivity index (χ0) is 11.8. The summed E-state index contributed by atoms with van der Waals surface area (Å²) >= 11 is 0. The molecule has 2 aromatic rings. The molecule has 0 bridgehead atoms. The fourth-order valence-electron chi connectivity index (χ4n) is 2.13. The number of nitrogens with one attached hydrogen (secondary N) is 2. The summed E-state index contributed by atoms with van der Waals surface area (Å²) in [5.41, 5.74) is 1.35. The van der Waals surface area contributed by atoms with E-state index in [9.17, 15) is 10.4 Å². The SMILES string of the molecule is [O-][NH+]([O-])c1ccc(C2CC2c2ncn[nH]2)cc1. The Morgan fingerprint density at radius 2 is 1.94 bits per heavy atom. The summed E-state index contributed by atoms with van der Waals surface area (Å²) in [6.07, 6.45) is 2.53. The Hall–Kier alpha value is -1.76. The van der Waals surface area contributed by atoms with E-state index in [1.54, 1.807) is 12.1 Å². The molecule has 1 aliphatic rings. The molecule has 6 nitrogen and oxygen atoms in total. The third kappa shape index (κ3) is 1.93. The summed E-state index contributed by atoms with van der Waals surface area (Å²) in [5.74, 6) is 1.70. The number of H-pyrrole nitrogens is 1. The fraction of sp³-hybridized carbons (Fsp3) is 0.273. The van der Waals surface area contributed by atoms with Crippen LogP contribution in [-0.2, 0) is 0 Å². The van der Waals surface area contributed by atoms with Crippen LogP contribution in [0.4, 0.5) is 5.69 Å². The van der Waals surface area contributed by atoms with Crippen LogP contribution >= 0.6 is 0 Å². The van der Waals surface area contributed by atoms with E-state index in [0.29, 0.717) is 11.8 Å². The van der Waals surface area contributed by atoms with Gasteiger partial charge >= 0.3 is 0 Å². The highest BCUT2D eigenvalue weighted by Crippen LogP contribution is 2.53. The zero-order valence-corrected chi connectivity index (χ0v) is 8.96. The Balaban J connectivity index is 1.75. The maximum Gasteiger partial charge on any atom is 0.137 e. The van der Waals surface area contributed by atoms with Crippen molar-refractivity contribution < 1.29 is 5.23 Å². The predicted molar refractivity (Wildman–Crippen MR) is 60.3 cm³/mol. The van der Waals surface area contributed by atoms with Crippen molar-refractivity contribution in [1.29, 1.82) is 0 Å². The lowest BCUT2D eigenvalue weighted by molar-refractivity contribution is -0.715. The van der Waals surface area contributed by atoms with Gasteiger partial charge in [-0.05, 0) is 30.0 Å². The number of hydrogen-bond acceptors (Lipinski definition) is 4. The summed E-state index contributed by atoms with van der Waals surface area (Å²) in [6, 6.07) is 6.85. The molecule has 0 saturated heterocycles. The molecule has 1 aliphatic carbocycles. The minimum absolute atomic E-state index is 0.214. The summed E-state index contributed by atoms with van der Waals surface area (Å²) in [7, 11) is 0. The highest BCUT2D eigenvalue weighted by molar-refractivity contribution is 5.38. The Bertz CT molecular complexity index is 495. The number of hydrogen-bond donors (Lipinski definition) is 2. The first-order chi connectivity index (χ1) is 8.25. The molecule has 2 N–H and O–H groups in total. The summed E-state index contributed by atoms with van der Waals surface area (Å²) in [5, 5.41) is 26.8. The standard InChI is InChI=1S/C11H11N4O2/c16-15(17)8-3-1-7(2-4-8)9-5-10(9)11-12-6-13-14-11/h1-4,6,9-10,15H,5H2,(H,12,13,14)/q-1. The van der Waals surface area contributed by atoms with Crippen molar-refractivity contribution >= 4 is 5.69 Å². The Kier molecular flexibility index (Phi) is 2.40. The molecule has 88 valence electrons. The van der Waals surface area contributed by atoms with Gasteiger partial charge in [0.1, 0.15) is 17.8 Å². The molecule has 6 heteroatoms. The quantitative estimate of drug-likeness (QED) is 0.756. The van der Waals surface area contributed by atoms with Crippen molar-refractivity contribution in [2.75, 3.05) is 0 Å². The first-order valence-electron chi connectivity index (χ1n) is 5.42. The number of nitrogens with zero attached hydrogens (tertiary/aromatic N) is 2. The van der Waals surface area contributed by atoms with Gasteiger partial charge in [-0.25, -0.2) is 4.98 Å². The molecular formula is C11H11N4O2-. The molecule has 0 aliphatic heterocycles. The molecule has 17 heavy (non-hydrogen) atoms. The predicted octanol–water partition coefficient (Wildman–Crippen LogP) is 0.588. The number of rotatable bonds is 3. The Labute approximate surface area is 97.5 Å². The minimum Gasteiger partial charge on any atom is -0.628 e. The lowest BCUT2D eigenvalue weighted by atomic mass is 10.1. The highest BCUT2D eigenvalue weighted by Gasteiger charge is 2.41. The first-order valence-corrected chi connectivity index (χ1v) is 5.42. The summed E-state index contributed by atoms with van der Waals surface area (Å²) in [6.45, 7) is 0. The molecule has 1 fully saturated rings. The van der Waals surface area contributed by atoms with Gasteiger partial charge in [-0.2, -0.15) is 5.10 Å². The molecule has 1 saturated carbocycles. The minimum atomic E-state index is -1.14. The van der Waals surface area contributed by atoms with Crippen LogP contribution in [0.5, 0.6) is 0 Å². The third-order valence-corrected chi connectivity index (χ3v) is 3.15. The van der Waals surface area contributed by atoms with Gasteiger partial charge in [-0.3, -0.25) is 5.10 Å². The van der Waals surface area contributed by atoms with Gasteiger partial charge in [0.15, 0.2) is 0 Å². The molecule has 0 radical (unpaired) electrons. The van der Waals surface area contributed by atoms with E-state index in [4.69, 9.17) is 0 Å². The lowest BCUT2D eigenvalue weighted by Crippen LogP contribution is -2.96. The van der Waals surface area contributed by atoms with Gasteiger partial charge in [-0.1, -0.05) is 12.1 Å². The van der Waals surface area contributed by atoms with Gasteiger partial charge < -0.3 is 15.6 Å². The van der Waals surface area contributed by atoms with E-state index in [1.807, 2.05) is 12.1 Å². The summed E-state index contributed by atoms with van der Waals surface area (Å²) < 4.78 is 0. The maximum atomic E-state index is 10.6. The molecule has 2 atom stereocenters. The fourth-order valence-corrected chi connectivity index (χ4v) is 2.13. The second kappa shape index (κ2) is 3.92. The summed E-state index contributed by atoms with van der Waals surface area (Å²) in [4.78, 5) is 4.13. The van der Waals surface area contributed by atoms with Crippen LogP contribution in [0.2, 0.25) is 0 Å². The highest BCUT2D eigenvalue weighted by atomic mass is 16.8. The van der Waals surface area contributed by atoms with Crippen LogP contribution in [0, 0.1) is 10.4 Å². The Morgan fingerprint density at radius 3 is 2.53 bits per heavy atom. The molecule has 1 aromatic heterocycles. The molecule has 3 rings (SSSR count). The molecular weight excluding hydrogens is 220 g/mol. The topological polar surface area (TPSA) is 92.1 Å². The molecule has 0 spiro atoms. The number of aromatic amines is 1. The largest absolute Gasteiger partial charge is 0.628 e. The lowest BCUT2D eigenvalue weighted by Gasteiger charge is -2.24. The average Bonchev–Trinajstić information content (AvgIpc) is 2.95. The van der Waals surface area contributed by atoms with Crippen LogP contribution in [0.3, 0.4) is 0 Å². The van der Waals surface area contributed by atoms with E-state index >= 15 is 0 Å². The van der Waals surface area contributed by atoms with Gasteiger partial charge in [0.25, 0.3) is 0 Å². The number of benzene rings is 1. The van der Waals surface area contributed by atoms with Crippen LogP contribution in [0.1, 0.15) is 29.6 Å². The third-order valence-electron chi connectivity index (χ3n) is 3.15. The normalized spacial score (nSPS) is 23.0. The second-order valence-corrected chi connectivity index (χ2v) is 4.23. The monoisotopic (exact) mass is 231 g/mol. The maximum absolute atomic E-state index is 10.6. The molecule has 1 heterocycles. The zero-order valence-electron chi connectivity index (χ0n) is 8.96. The van der Waals surface area contributed by atoms with Crippen molar-refractivity contribution in [3.8, 4) is 0 Å². The van der Waals surface area contributed by atoms with Gasteiger partial charge in [0.2, 0.25) is 0 Å². The van der Waals surface area contributed by atoms with E-state index in [1.165, 1.54) is 6.33 Å². The smallest absolute Gasteiger partial charge is 0.137 e. The van der Waals surface area contributed by atoms with Crippen LogP contribution in [0.15, 0.2) is 30.6 Å². The number of quaternary nitrogens is 1. The molecule has 2 unspecified atom stereocenters. The molecule has 0 amide bonds.